The van der Waals surface area contributed by atoms with Gasteiger partial charge in [-0.05, 0) is 24.3 Å². The van der Waals surface area contributed by atoms with Crippen molar-refractivity contribution in [2.75, 3.05) is 44.9 Å². The molecule has 2 heterocycles. The highest BCUT2D eigenvalue weighted by atomic mass is 35.5. The number of benzene rings is 1. The van der Waals surface area contributed by atoms with Crippen LogP contribution in [0.15, 0.2) is 47.3 Å². The molecule has 2 aromatic heterocycles. The summed E-state index contributed by atoms with van der Waals surface area (Å²) < 4.78 is 16.2. The molecule has 0 aliphatic rings. The van der Waals surface area contributed by atoms with E-state index in [1.807, 2.05) is 0 Å². The molecular weight excluding hydrogens is 581 g/mol. The van der Waals surface area contributed by atoms with Crippen LogP contribution in [0.25, 0.3) is 11.3 Å². The van der Waals surface area contributed by atoms with E-state index < -0.39 is 23.8 Å². The predicted octanol–water partition coefficient (Wildman–Crippen LogP) is 2.37. The molecule has 1 unspecified atom stereocenters. The fourth-order valence-electron chi connectivity index (χ4n) is 3.47. The standard InChI is InChI=1S/C26H29Cl2N5O8/c27-16-1-2-19(28)17(11-16)22-14-32-24(41-22)15-31-21(12-23(35)30-5-7-39-9-10-40-8-6-34)25(36)33-20-3-4-29-13-18(20)26(37)38/h1-4,11,13-14,21,31,34H,5-10,12,15H2,(H,30,35)(H,37,38)(H,29,33,36). The van der Waals surface area contributed by atoms with Crippen LogP contribution in [-0.2, 0) is 25.6 Å². The molecule has 0 saturated heterocycles. The number of rotatable bonds is 17. The Labute approximate surface area is 245 Å². The van der Waals surface area contributed by atoms with Crippen molar-refractivity contribution in [3.8, 4) is 11.3 Å². The van der Waals surface area contributed by atoms with Gasteiger partial charge in [0.2, 0.25) is 17.7 Å². The van der Waals surface area contributed by atoms with E-state index in [0.29, 0.717) is 34.6 Å². The van der Waals surface area contributed by atoms with E-state index >= 15 is 0 Å². The minimum atomic E-state index is -1.27. The Bertz CT molecular complexity index is 1320. The number of aromatic nitrogens is 2. The van der Waals surface area contributed by atoms with Gasteiger partial charge in [-0.15, -0.1) is 0 Å². The van der Waals surface area contributed by atoms with Crippen molar-refractivity contribution in [2.45, 2.75) is 19.0 Å². The number of oxazole rings is 1. The van der Waals surface area contributed by atoms with Gasteiger partial charge < -0.3 is 34.7 Å². The number of hydrogen-bond acceptors (Lipinski definition) is 10. The third-order valence-corrected chi connectivity index (χ3v) is 6.00. The Hall–Kier alpha value is -3.59. The minimum Gasteiger partial charge on any atom is -0.478 e. The first kappa shape index (κ1) is 31.9. The lowest BCUT2D eigenvalue weighted by molar-refractivity contribution is -0.126. The number of pyridine rings is 1. The van der Waals surface area contributed by atoms with E-state index in [4.69, 9.17) is 42.2 Å². The molecule has 0 saturated carbocycles. The molecule has 0 spiro atoms. The number of carbonyl (C=O) groups excluding carboxylic acids is 2. The Kier molecular flexibility index (Phi) is 12.9. The number of halogens is 2. The molecule has 3 aromatic rings. The number of aromatic carboxylic acids is 1. The second-order valence-corrected chi connectivity index (χ2v) is 9.24. The molecule has 13 nitrogen and oxygen atoms in total. The van der Waals surface area contributed by atoms with E-state index in [1.54, 1.807) is 18.2 Å². The van der Waals surface area contributed by atoms with Crippen molar-refractivity contribution >= 4 is 46.7 Å². The van der Waals surface area contributed by atoms with Crippen molar-refractivity contribution < 1.29 is 38.5 Å². The second-order valence-electron chi connectivity index (χ2n) is 8.39. The van der Waals surface area contributed by atoms with Gasteiger partial charge in [-0.2, -0.15) is 0 Å². The maximum Gasteiger partial charge on any atom is 0.339 e. The molecular formula is C26H29Cl2N5O8. The normalized spacial score (nSPS) is 11.7. The predicted molar refractivity (Wildman–Crippen MR) is 149 cm³/mol. The van der Waals surface area contributed by atoms with E-state index in [0.717, 1.165) is 6.20 Å². The molecule has 0 bridgehead atoms. The molecule has 220 valence electrons. The highest BCUT2D eigenvalue weighted by molar-refractivity contribution is 6.35. The molecule has 0 radical (unpaired) electrons. The van der Waals surface area contributed by atoms with Gasteiger partial charge in [0.05, 0.1) is 68.9 Å². The monoisotopic (exact) mass is 609 g/mol. The molecule has 41 heavy (non-hydrogen) atoms. The van der Waals surface area contributed by atoms with Crippen LogP contribution in [0.3, 0.4) is 0 Å². The summed E-state index contributed by atoms with van der Waals surface area (Å²) in [4.78, 5) is 45.3. The minimum absolute atomic E-state index is 0.0236. The molecule has 1 atom stereocenters. The van der Waals surface area contributed by atoms with E-state index in [1.165, 1.54) is 18.5 Å². The number of hydrogen-bond donors (Lipinski definition) is 5. The third-order valence-electron chi connectivity index (χ3n) is 5.44. The van der Waals surface area contributed by atoms with Crippen molar-refractivity contribution in [1.29, 1.82) is 0 Å². The zero-order valence-corrected chi connectivity index (χ0v) is 23.3. The van der Waals surface area contributed by atoms with Crippen molar-refractivity contribution in [3.05, 3.63) is 64.4 Å². The maximum atomic E-state index is 13.1. The van der Waals surface area contributed by atoms with Crippen LogP contribution in [0.1, 0.15) is 22.7 Å². The Balaban J connectivity index is 1.63. The average molecular weight is 610 g/mol. The lowest BCUT2D eigenvalue weighted by atomic mass is 10.1. The highest BCUT2D eigenvalue weighted by Gasteiger charge is 2.24. The van der Waals surface area contributed by atoms with Crippen molar-refractivity contribution in [1.82, 2.24) is 20.6 Å². The first-order valence-electron chi connectivity index (χ1n) is 12.4. The zero-order chi connectivity index (χ0) is 29.6. The van der Waals surface area contributed by atoms with Gasteiger partial charge in [0.1, 0.15) is 5.56 Å². The topological polar surface area (TPSA) is 185 Å². The zero-order valence-electron chi connectivity index (χ0n) is 21.8. The summed E-state index contributed by atoms with van der Waals surface area (Å²) in [7, 11) is 0. The van der Waals surface area contributed by atoms with Crippen LogP contribution in [0.4, 0.5) is 5.69 Å². The number of aliphatic hydroxyl groups is 1. The molecule has 0 aliphatic carbocycles. The van der Waals surface area contributed by atoms with E-state index in [-0.39, 0.29) is 56.5 Å². The maximum absolute atomic E-state index is 13.1. The summed E-state index contributed by atoms with van der Waals surface area (Å²) >= 11 is 12.3. The summed E-state index contributed by atoms with van der Waals surface area (Å²) in [6.45, 7) is 1.09. The van der Waals surface area contributed by atoms with Crippen LogP contribution in [0, 0.1) is 0 Å². The summed E-state index contributed by atoms with van der Waals surface area (Å²) in [5.41, 5.74) is 0.350. The first-order valence-corrected chi connectivity index (χ1v) is 13.2. The van der Waals surface area contributed by atoms with Crippen LogP contribution in [-0.4, -0.2) is 83.6 Å². The van der Waals surface area contributed by atoms with E-state index in [2.05, 4.69) is 25.9 Å². The molecule has 15 heteroatoms. The van der Waals surface area contributed by atoms with Gasteiger partial charge in [0.15, 0.2) is 5.76 Å². The Morgan fingerprint density at radius 1 is 1.05 bits per heavy atom. The molecule has 1 aromatic carbocycles. The lowest BCUT2D eigenvalue weighted by Gasteiger charge is -2.18. The van der Waals surface area contributed by atoms with Gasteiger partial charge in [-0.3, -0.25) is 19.9 Å². The molecule has 3 rings (SSSR count). The van der Waals surface area contributed by atoms with Crippen LogP contribution in [0.5, 0.6) is 0 Å². The highest BCUT2D eigenvalue weighted by Crippen LogP contribution is 2.31. The molecule has 5 N–H and O–H groups in total. The Morgan fingerprint density at radius 3 is 2.59 bits per heavy atom. The molecule has 0 aliphatic heterocycles. The number of amides is 2. The lowest BCUT2D eigenvalue weighted by Crippen LogP contribution is -2.44. The number of carbonyl (C=O) groups is 3. The summed E-state index contributed by atoms with van der Waals surface area (Å²) in [5, 5.41) is 27.1. The Morgan fingerprint density at radius 2 is 1.83 bits per heavy atom. The van der Waals surface area contributed by atoms with Gasteiger partial charge in [0.25, 0.3) is 0 Å². The van der Waals surface area contributed by atoms with Gasteiger partial charge in [0, 0.05) is 29.5 Å². The third kappa shape index (κ3) is 10.4. The second kappa shape index (κ2) is 16.6. The number of carboxylic acid groups (broad SMARTS) is 1. The van der Waals surface area contributed by atoms with Gasteiger partial charge in [-0.25, -0.2) is 9.78 Å². The summed E-state index contributed by atoms with van der Waals surface area (Å²) in [5.74, 6) is -1.82. The number of ether oxygens (including phenoxy) is 2. The summed E-state index contributed by atoms with van der Waals surface area (Å²) in [6, 6.07) is 5.14. The van der Waals surface area contributed by atoms with Crippen molar-refractivity contribution in [2.24, 2.45) is 0 Å². The first-order chi connectivity index (χ1) is 19.8. The van der Waals surface area contributed by atoms with Gasteiger partial charge in [-0.1, -0.05) is 23.2 Å². The van der Waals surface area contributed by atoms with Gasteiger partial charge >= 0.3 is 5.97 Å². The van der Waals surface area contributed by atoms with Crippen LogP contribution in [0.2, 0.25) is 10.0 Å². The molecule has 0 fully saturated rings. The number of carboxylic acids is 1. The van der Waals surface area contributed by atoms with Crippen LogP contribution >= 0.6 is 23.2 Å². The quantitative estimate of drug-likeness (QED) is 0.141. The largest absolute Gasteiger partial charge is 0.478 e. The van der Waals surface area contributed by atoms with Crippen LogP contribution < -0.4 is 16.0 Å². The fourth-order valence-corrected chi connectivity index (χ4v) is 3.85. The summed E-state index contributed by atoms with van der Waals surface area (Å²) in [6.07, 6.45) is 3.62. The average Bonchev–Trinajstić information content (AvgIpc) is 3.42. The smallest absolute Gasteiger partial charge is 0.339 e. The number of nitrogens with zero attached hydrogens (tertiary/aromatic N) is 2. The fraction of sp³-hybridized carbons (Fsp3) is 0.346. The molecule has 2 amide bonds. The number of aliphatic hydroxyl groups excluding tert-OH is 1. The van der Waals surface area contributed by atoms with Crippen molar-refractivity contribution in [3.63, 3.8) is 0 Å². The SMILES string of the molecule is O=C(CC(NCc1ncc(-c2cc(Cl)ccc2Cl)o1)C(=O)Nc1ccncc1C(=O)O)NCCOCCOCCO. The number of anilines is 1. The number of nitrogens with one attached hydrogen (secondary N) is 3. The van der Waals surface area contributed by atoms with E-state index in [9.17, 15) is 19.5 Å².